The summed E-state index contributed by atoms with van der Waals surface area (Å²) in [4.78, 5) is 3.99. The number of ether oxygens (including phenoxy) is 1. The van der Waals surface area contributed by atoms with Crippen LogP contribution in [0.3, 0.4) is 0 Å². The minimum atomic E-state index is 0.156. The molecule has 0 amide bonds. The summed E-state index contributed by atoms with van der Waals surface area (Å²) in [5, 5.41) is 13.0. The van der Waals surface area contributed by atoms with E-state index in [2.05, 4.69) is 10.1 Å². The zero-order valence-corrected chi connectivity index (χ0v) is 10.2. The zero-order chi connectivity index (χ0) is 13.1. The number of nitrogens with two attached hydrogens (primary N) is 1. The second-order valence-corrected chi connectivity index (χ2v) is 4.05. The molecule has 2 rings (SSSR count). The number of hydrogen-bond donors (Lipinski definition) is 1. The molecule has 0 saturated heterocycles. The molecule has 0 aliphatic carbocycles. The topological polar surface area (TPSA) is 89.8 Å². The summed E-state index contributed by atoms with van der Waals surface area (Å²) in [5.41, 5.74) is 6.07. The number of nitrogen functional groups attached to an aromatic ring is 1. The number of rotatable bonds is 3. The molecule has 0 aromatic carbocycles. The largest absolute Gasteiger partial charge is 0.436 e. The predicted octanol–water partition coefficient (Wildman–Crippen LogP) is 2.11. The van der Waals surface area contributed by atoms with Gasteiger partial charge in [0.25, 0.3) is 0 Å². The third-order valence-corrected chi connectivity index (χ3v) is 2.34. The molecule has 2 aromatic heterocycles. The van der Waals surface area contributed by atoms with Crippen LogP contribution in [-0.4, -0.2) is 14.8 Å². The quantitative estimate of drug-likeness (QED) is 0.891. The monoisotopic (exact) mass is 243 g/mol. The molecule has 0 radical (unpaired) electrons. The fraction of sp³-hybridized carbons (Fsp3) is 0.250. The zero-order valence-electron chi connectivity index (χ0n) is 10.2. The van der Waals surface area contributed by atoms with Crippen LogP contribution in [0.2, 0.25) is 0 Å². The van der Waals surface area contributed by atoms with E-state index >= 15 is 0 Å². The van der Waals surface area contributed by atoms with Gasteiger partial charge < -0.3 is 10.5 Å². The summed E-state index contributed by atoms with van der Waals surface area (Å²) in [6.07, 6.45) is 3.37. The number of aromatic nitrogens is 3. The molecule has 18 heavy (non-hydrogen) atoms. The van der Waals surface area contributed by atoms with Gasteiger partial charge in [-0.25, -0.2) is 4.98 Å². The molecule has 0 aliphatic rings. The van der Waals surface area contributed by atoms with Crippen molar-refractivity contribution in [3.8, 4) is 17.7 Å². The van der Waals surface area contributed by atoms with Crippen molar-refractivity contribution in [3.63, 3.8) is 0 Å². The Hall–Kier alpha value is -2.55. The van der Waals surface area contributed by atoms with Gasteiger partial charge in [0.15, 0.2) is 11.4 Å². The minimum Gasteiger partial charge on any atom is -0.436 e. The van der Waals surface area contributed by atoms with Crippen molar-refractivity contribution in [1.82, 2.24) is 14.8 Å². The second-order valence-electron chi connectivity index (χ2n) is 4.05. The van der Waals surface area contributed by atoms with E-state index < -0.39 is 0 Å². The molecule has 92 valence electrons. The molecule has 0 unspecified atom stereocenters. The van der Waals surface area contributed by atoms with Crippen LogP contribution in [0.25, 0.3) is 0 Å². The lowest BCUT2D eigenvalue weighted by Gasteiger charge is -2.04. The summed E-state index contributed by atoms with van der Waals surface area (Å²) in [6.45, 7) is 4.04. The lowest BCUT2D eigenvalue weighted by Crippen LogP contribution is -1.99. The van der Waals surface area contributed by atoms with Crippen molar-refractivity contribution in [2.45, 2.75) is 19.9 Å². The summed E-state index contributed by atoms with van der Waals surface area (Å²) in [5.74, 6) is 0.897. The smallest absolute Gasteiger partial charge is 0.220 e. The van der Waals surface area contributed by atoms with Crippen LogP contribution >= 0.6 is 0 Å². The summed E-state index contributed by atoms with van der Waals surface area (Å²) < 4.78 is 7.28. The van der Waals surface area contributed by atoms with Gasteiger partial charge in [0.05, 0.1) is 18.1 Å². The highest BCUT2D eigenvalue weighted by Gasteiger charge is 2.07. The molecule has 0 spiro atoms. The van der Waals surface area contributed by atoms with E-state index in [9.17, 15) is 0 Å². The van der Waals surface area contributed by atoms with Gasteiger partial charge in [-0.1, -0.05) is 0 Å². The van der Waals surface area contributed by atoms with Crippen molar-refractivity contribution in [2.75, 3.05) is 5.73 Å². The number of nitriles is 1. The number of anilines is 1. The third-order valence-electron chi connectivity index (χ3n) is 2.34. The number of nitrogens with zero attached hydrogens (tertiary/aromatic N) is 4. The molecule has 2 N–H and O–H groups in total. The molecule has 2 heterocycles. The van der Waals surface area contributed by atoms with Crippen molar-refractivity contribution >= 4 is 5.69 Å². The van der Waals surface area contributed by atoms with Crippen LogP contribution in [0.5, 0.6) is 11.6 Å². The van der Waals surface area contributed by atoms with Crippen molar-refractivity contribution in [3.05, 3.63) is 30.2 Å². The van der Waals surface area contributed by atoms with Crippen LogP contribution in [0, 0.1) is 11.3 Å². The van der Waals surface area contributed by atoms with Crippen molar-refractivity contribution < 1.29 is 4.74 Å². The molecular formula is C12H13N5O. The lowest BCUT2D eigenvalue weighted by atomic mass is 10.3. The van der Waals surface area contributed by atoms with Gasteiger partial charge >= 0.3 is 0 Å². The molecule has 0 atom stereocenters. The normalized spacial score (nSPS) is 10.3. The third kappa shape index (κ3) is 2.40. The van der Waals surface area contributed by atoms with E-state index in [1.165, 1.54) is 0 Å². The molecule has 0 bridgehead atoms. The van der Waals surface area contributed by atoms with Crippen LogP contribution in [-0.2, 0) is 0 Å². The van der Waals surface area contributed by atoms with E-state index in [1.807, 2.05) is 19.9 Å². The van der Waals surface area contributed by atoms with E-state index in [0.29, 0.717) is 17.3 Å². The SMILES string of the molecule is CC(C)n1cc(Oc2ccc(N)c(C#N)n2)cn1. The highest BCUT2D eigenvalue weighted by molar-refractivity contribution is 5.51. The van der Waals surface area contributed by atoms with E-state index in [-0.39, 0.29) is 11.7 Å². The molecule has 6 nitrogen and oxygen atoms in total. The highest BCUT2D eigenvalue weighted by Crippen LogP contribution is 2.21. The van der Waals surface area contributed by atoms with E-state index in [0.717, 1.165) is 0 Å². The predicted molar refractivity (Wildman–Crippen MR) is 66.1 cm³/mol. The Morgan fingerprint density at radius 2 is 2.22 bits per heavy atom. The molecule has 6 heteroatoms. The maximum atomic E-state index is 8.82. The average Bonchev–Trinajstić information content (AvgIpc) is 2.80. The van der Waals surface area contributed by atoms with E-state index in [1.54, 1.807) is 29.2 Å². The maximum Gasteiger partial charge on any atom is 0.220 e. The first-order valence-electron chi connectivity index (χ1n) is 5.49. The molecule has 2 aromatic rings. The number of pyridine rings is 1. The Kier molecular flexibility index (Phi) is 3.15. The Morgan fingerprint density at radius 3 is 2.83 bits per heavy atom. The van der Waals surface area contributed by atoms with Gasteiger partial charge in [-0.05, 0) is 19.9 Å². The van der Waals surface area contributed by atoms with Gasteiger partial charge in [0.1, 0.15) is 6.07 Å². The first-order chi connectivity index (χ1) is 8.60. The number of hydrogen-bond acceptors (Lipinski definition) is 5. The van der Waals surface area contributed by atoms with Gasteiger partial charge in [-0.3, -0.25) is 4.68 Å². The Labute approximate surface area is 105 Å². The standard InChI is InChI=1S/C12H13N5O/c1-8(2)17-7-9(6-15-17)18-12-4-3-10(14)11(5-13)16-12/h3-4,6-8H,14H2,1-2H3. The fourth-order valence-corrected chi connectivity index (χ4v) is 1.37. The summed E-state index contributed by atoms with van der Waals surface area (Å²) in [7, 11) is 0. The average molecular weight is 243 g/mol. The van der Waals surface area contributed by atoms with Crippen LogP contribution < -0.4 is 10.5 Å². The van der Waals surface area contributed by atoms with E-state index in [4.69, 9.17) is 15.7 Å². The minimum absolute atomic E-state index is 0.156. The fourth-order valence-electron chi connectivity index (χ4n) is 1.37. The first-order valence-corrected chi connectivity index (χ1v) is 5.49. The van der Waals surface area contributed by atoms with Gasteiger partial charge in [0, 0.05) is 12.1 Å². The van der Waals surface area contributed by atoms with Gasteiger partial charge in [-0.15, -0.1) is 0 Å². The van der Waals surface area contributed by atoms with Gasteiger partial charge in [-0.2, -0.15) is 10.4 Å². The van der Waals surface area contributed by atoms with Crippen LogP contribution in [0.15, 0.2) is 24.5 Å². The molecule has 0 fully saturated rings. The molecule has 0 saturated carbocycles. The first kappa shape index (κ1) is 11.9. The lowest BCUT2D eigenvalue weighted by molar-refractivity contribution is 0.459. The summed E-state index contributed by atoms with van der Waals surface area (Å²) in [6, 6.07) is 5.37. The Bertz CT molecular complexity index is 597. The second kappa shape index (κ2) is 4.75. The molecule has 0 aliphatic heterocycles. The van der Waals surface area contributed by atoms with Crippen molar-refractivity contribution in [1.29, 1.82) is 5.26 Å². The Balaban J connectivity index is 2.21. The van der Waals surface area contributed by atoms with Crippen LogP contribution in [0.4, 0.5) is 5.69 Å². The Morgan fingerprint density at radius 1 is 1.44 bits per heavy atom. The maximum absolute atomic E-state index is 8.82. The summed E-state index contributed by atoms with van der Waals surface area (Å²) >= 11 is 0. The van der Waals surface area contributed by atoms with Gasteiger partial charge in [0.2, 0.25) is 5.88 Å². The highest BCUT2D eigenvalue weighted by atomic mass is 16.5. The molecular weight excluding hydrogens is 230 g/mol. The van der Waals surface area contributed by atoms with Crippen LogP contribution in [0.1, 0.15) is 25.6 Å². The van der Waals surface area contributed by atoms with Crippen molar-refractivity contribution in [2.24, 2.45) is 0 Å².